The first-order valence-electron chi connectivity index (χ1n) is 13.6. The molecule has 0 aliphatic rings. The van der Waals surface area contributed by atoms with Gasteiger partial charge in [-0.15, -0.1) is 0 Å². The maximum atomic E-state index is 13.6. The van der Waals surface area contributed by atoms with E-state index in [1.54, 1.807) is 60.7 Å². The molecule has 44 heavy (non-hydrogen) atoms. The lowest BCUT2D eigenvalue weighted by molar-refractivity contribution is 0.101. The molecule has 0 saturated carbocycles. The first-order chi connectivity index (χ1) is 20.9. The molecule has 4 N–H and O–H groups in total. The summed E-state index contributed by atoms with van der Waals surface area (Å²) in [6.07, 6.45) is 0. The lowest BCUT2D eigenvalue weighted by Gasteiger charge is -2.20. The first kappa shape index (κ1) is 32.2. The second-order valence-electron chi connectivity index (χ2n) is 10.5. The van der Waals surface area contributed by atoms with E-state index in [4.69, 9.17) is 14.2 Å². The highest BCUT2D eigenvalue weighted by Crippen LogP contribution is 2.38. The van der Waals surface area contributed by atoms with Crippen LogP contribution in [0.1, 0.15) is 42.5 Å². The van der Waals surface area contributed by atoms with Gasteiger partial charge in [0.1, 0.15) is 18.1 Å². The van der Waals surface area contributed by atoms with E-state index in [0.29, 0.717) is 17.0 Å². The summed E-state index contributed by atoms with van der Waals surface area (Å²) in [5.74, 6) is -1.55. The van der Waals surface area contributed by atoms with Gasteiger partial charge in [0.25, 0.3) is 21.8 Å². The molecule has 0 bridgehead atoms. The third kappa shape index (κ3) is 7.81. The third-order valence-corrected chi connectivity index (χ3v) is 7.68. The highest BCUT2D eigenvalue weighted by atomic mass is 32.2. The first-order valence-corrected chi connectivity index (χ1v) is 15.0. The van der Waals surface area contributed by atoms with Crippen LogP contribution in [-0.4, -0.2) is 54.8 Å². The maximum absolute atomic E-state index is 13.6. The van der Waals surface area contributed by atoms with Crippen LogP contribution in [0.4, 0.5) is 11.5 Å². The maximum Gasteiger partial charge on any atom is 0.293 e. The minimum Gasteiger partial charge on any atom is -0.497 e. The standard InChI is InChI=1S/C31H34N4O8S/c1-31(2,3)21-12-14-24(15-13-21)44(39,40)35-27-26(43-23-10-7-9-22(18-23)41-4)30(42-17-16-36)34-28(33-27)29(38)32-25-11-6-5-8-20(25)19-37/h5-15,18,36-37H,16-17,19H2,1-4H3,(H,32,38)(H,33,34,35). The molecular weight excluding hydrogens is 588 g/mol. The van der Waals surface area contributed by atoms with Gasteiger partial charge in [-0.25, -0.2) is 13.4 Å². The molecule has 0 spiro atoms. The van der Waals surface area contributed by atoms with E-state index >= 15 is 0 Å². The Kier molecular flexibility index (Phi) is 10.0. The SMILES string of the molecule is COc1cccc(Oc2c(NS(=O)(=O)c3ccc(C(C)(C)C)cc3)nc(C(=O)Nc3ccccc3CO)nc2OCCO)c1. The topological polar surface area (TPSA) is 169 Å². The molecule has 0 fully saturated rings. The lowest BCUT2D eigenvalue weighted by Crippen LogP contribution is -2.21. The fourth-order valence-corrected chi connectivity index (χ4v) is 5.00. The van der Waals surface area contributed by atoms with E-state index in [1.807, 2.05) is 20.8 Å². The molecule has 3 aromatic carbocycles. The number of carbonyl (C=O) groups excluding carboxylic acids is 1. The van der Waals surface area contributed by atoms with Gasteiger partial charge in [0.05, 0.1) is 25.2 Å². The Bertz CT molecular complexity index is 1720. The van der Waals surface area contributed by atoms with Crippen LogP contribution in [0.15, 0.2) is 77.7 Å². The number of aliphatic hydroxyl groups excluding tert-OH is 2. The zero-order valence-electron chi connectivity index (χ0n) is 24.7. The number of benzene rings is 3. The number of anilines is 2. The van der Waals surface area contributed by atoms with E-state index in [1.165, 1.54) is 19.2 Å². The van der Waals surface area contributed by atoms with Crippen molar-refractivity contribution in [2.24, 2.45) is 0 Å². The molecule has 0 atom stereocenters. The van der Waals surface area contributed by atoms with Crippen molar-refractivity contribution in [1.82, 2.24) is 9.97 Å². The van der Waals surface area contributed by atoms with Crippen LogP contribution >= 0.6 is 0 Å². The fourth-order valence-electron chi connectivity index (χ4n) is 3.99. The van der Waals surface area contributed by atoms with E-state index < -0.39 is 34.2 Å². The Morgan fingerprint density at radius 2 is 1.64 bits per heavy atom. The average Bonchev–Trinajstić information content (AvgIpc) is 3.00. The summed E-state index contributed by atoms with van der Waals surface area (Å²) in [4.78, 5) is 21.7. The number of carbonyl (C=O) groups is 1. The quantitative estimate of drug-likeness (QED) is 0.177. The number of aromatic nitrogens is 2. The molecule has 1 heterocycles. The van der Waals surface area contributed by atoms with Crippen molar-refractivity contribution in [3.63, 3.8) is 0 Å². The molecule has 232 valence electrons. The monoisotopic (exact) mass is 622 g/mol. The Labute approximate surface area is 255 Å². The van der Waals surface area contributed by atoms with Crippen LogP contribution < -0.4 is 24.2 Å². The molecule has 1 aromatic heterocycles. The van der Waals surface area contributed by atoms with E-state index in [9.17, 15) is 23.4 Å². The zero-order chi connectivity index (χ0) is 31.9. The molecule has 0 aliphatic heterocycles. The number of para-hydroxylation sites is 1. The summed E-state index contributed by atoms with van der Waals surface area (Å²) in [7, 11) is -2.79. The van der Waals surface area contributed by atoms with Crippen molar-refractivity contribution in [2.75, 3.05) is 30.4 Å². The average molecular weight is 623 g/mol. The van der Waals surface area contributed by atoms with E-state index in [0.717, 1.165) is 5.56 Å². The summed E-state index contributed by atoms with van der Waals surface area (Å²) < 4.78 is 46.5. The number of ether oxygens (including phenoxy) is 3. The summed E-state index contributed by atoms with van der Waals surface area (Å²) in [5, 5.41) is 21.7. The Morgan fingerprint density at radius 3 is 2.30 bits per heavy atom. The van der Waals surface area contributed by atoms with Crippen molar-refractivity contribution >= 4 is 27.4 Å². The van der Waals surface area contributed by atoms with Crippen LogP contribution in [0.25, 0.3) is 0 Å². The van der Waals surface area contributed by atoms with Gasteiger partial charge in [-0.05, 0) is 41.3 Å². The third-order valence-electron chi connectivity index (χ3n) is 6.33. The molecule has 0 unspecified atom stereocenters. The van der Waals surface area contributed by atoms with Crippen LogP contribution in [0.5, 0.6) is 23.1 Å². The number of methoxy groups -OCH3 is 1. The van der Waals surface area contributed by atoms with Gasteiger partial charge in [0, 0.05) is 17.3 Å². The van der Waals surface area contributed by atoms with Gasteiger partial charge in [0.15, 0.2) is 5.82 Å². The molecule has 12 nitrogen and oxygen atoms in total. The number of hydrogen-bond donors (Lipinski definition) is 4. The molecule has 1 amide bonds. The van der Waals surface area contributed by atoms with Crippen molar-refractivity contribution < 1.29 is 37.6 Å². The van der Waals surface area contributed by atoms with Crippen molar-refractivity contribution in [3.05, 3.63) is 89.7 Å². The summed E-state index contributed by atoms with van der Waals surface area (Å²) in [5.41, 5.74) is 1.48. The van der Waals surface area contributed by atoms with Crippen molar-refractivity contribution in [3.8, 4) is 23.1 Å². The Morgan fingerprint density at radius 1 is 0.932 bits per heavy atom. The minimum absolute atomic E-state index is 0.0582. The number of hydrogen-bond acceptors (Lipinski definition) is 10. The van der Waals surface area contributed by atoms with E-state index in [-0.39, 0.29) is 40.9 Å². The van der Waals surface area contributed by atoms with Crippen LogP contribution in [-0.2, 0) is 22.0 Å². The number of nitrogens with one attached hydrogen (secondary N) is 2. The molecule has 4 rings (SSSR count). The summed E-state index contributed by atoms with van der Waals surface area (Å²) >= 11 is 0. The van der Waals surface area contributed by atoms with Crippen molar-refractivity contribution in [2.45, 2.75) is 37.7 Å². The van der Waals surface area contributed by atoms with Gasteiger partial charge in [0.2, 0.25) is 11.6 Å². The molecule has 4 aromatic rings. The molecule has 0 saturated heterocycles. The smallest absolute Gasteiger partial charge is 0.293 e. The van der Waals surface area contributed by atoms with Crippen LogP contribution in [0, 0.1) is 0 Å². The highest BCUT2D eigenvalue weighted by molar-refractivity contribution is 7.92. The zero-order valence-corrected chi connectivity index (χ0v) is 25.5. The Balaban J connectivity index is 1.82. The number of sulfonamides is 1. The van der Waals surface area contributed by atoms with Gasteiger partial charge in [-0.3, -0.25) is 9.52 Å². The largest absolute Gasteiger partial charge is 0.497 e. The lowest BCUT2D eigenvalue weighted by atomic mass is 9.87. The number of amides is 1. The van der Waals surface area contributed by atoms with Crippen molar-refractivity contribution in [1.29, 1.82) is 0 Å². The predicted molar refractivity (Wildman–Crippen MR) is 164 cm³/mol. The van der Waals surface area contributed by atoms with Gasteiger partial charge in [-0.2, -0.15) is 4.98 Å². The van der Waals surface area contributed by atoms with Gasteiger partial charge in [-0.1, -0.05) is 57.2 Å². The summed E-state index contributed by atoms with van der Waals surface area (Å²) in [6, 6.07) is 19.4. The summed E-state index contributed by atoms with van der Waals surface area (Å²) in [6.45, 7) is 5.04. The fraction of sp³-hybridized carbons (Fsp3) is 0.258. The van der Waals surface area contributed by atoms with Gasteiger partial charge < -0.3 is 29.7 Å². The second-order valence-corrected chi connectivity index (χ2v) is 12.2. The van der Waals surface area contributed by atoms with Gasteiger partial charge >= 0.3 is 0 Å². The number of aliphatic hydroxyl groups is 2. The molecule has 13 heteroatoms. The van der Waals surface area contributed by atoms with Crippen LogP contribution in [0.2, 0.25) is 0 Å². The molecular formula is C31H34N4O8S. The predicted octanol–water partition coefficient (Wildman–Crippen LogP) is 4.49. The highest BCUT2D eigenvalue weighted by Gasteiger charge is 2.27. The van der Waals surface area contributed by atoms with E-state index in [2.05, 4.69) is 20.0 Å². The minimum atomic E-state index is -4.27. The number of nitrogens with zero attached hydrogens (tertiary/aromatic N) is 2. The molecule has 0 radical (unpaired) electrons. The number of rotatable bonds is 12. The normalized spacial score (nSPS) is 11.5. The van der Waals surface area contributed by atoms with Crippen LogP contribution in [0.3, 0.4) is 0 Å². The Hall–Kier alpha value is -4.72. The second kappa shape index (κ2) is 13.7. The molecule has 0 aliphatic carbocycles.